The lowest BCUT2D eigenvalue weighted by molar-refractivity contribution is 0.210. The summed E-state index contributed by atoms with van der Waals surface area (Å²) in [6, 6.07) is 25.6. The summed E-state index contributed by atoms with van der Waals surface area (Å²) < 4.78 is 8.59. The first-order chi connectivity index (χ1) is 19.0. The van der Waals surface area contributed by atoms with E-state index in [1.807, 2.05) is 18.3 Å². The molecule has 1 aliphatic heterocycles. The fourth-order valence-corrected chi connectivity index (χ4v) is 6.54. The quantitative estimate of drug-likeness (QED) is 0.247. The van der Waals surface area contributed by atoms with Gasteiger partial charge in [0.1, 0.15) is 5.75 Å². The number of anilines is 1. The van der Waals surface area contributed by atoms with Crippen LogP contribution in [0.5, 0.6) is 5.75 Å². The molecule has 4 aromatic rings. The second kappa shape index (κ2) is 10.9. The van der Waals surface area contributed by atoms with E-state index in [1.165, 1.54) is 41.0 Å². The van der Waals surface area contributed by atoms with Crippen molar-refractivity contribution in [3.63, 3.8) is 0 Å². The minimum atomic E-state index is -0.0791. The molecule has 2 aromatic heterocycles. The Labute approximate surface area is 236 Å². The number of aromatic nitrogens is 2. The second-order valence-electron chi connectivity index (χ2n) is 10.7. The van der Waals surface area contributed by atoms with Crippen molar-refractivity contribution in [2.45, 2.75) is 71.1 Å². The summed E-state index contributed by atoms with van der Waals surface area (Å²) in [7, 11) is 0. The number of ether oxygens (including phenoxy) is 1. The second-order valence-corrected chi connectivity index (χ2v) is 11.1. The van der Waals surface area contributed by atoms with Gasteiger partial charge in [0.2, 0.25) is 0 Å². The van der Waals surface area contributed by atoms with Crippen LogP contribution in [0.1, 0.15) is 72.9 Å². The van der Waals surface area contributed by atoms with Crippen molar-refractivity contribution in [1.82, 2.24) is 14.9 Å². The van der Waals surface area contributed by atoms with Crippen molar-refractivity contribution in [1.29, 1.82) is 0 Å². The molecular formula is C33H36N4OS. The van der Waals surface area contributed by atoms with Gasteiger partial charge in [-0.25, -0.2) is 0 Å². The lowest BCUT2D eigenvalue weighted by Gasteiger charge is -2.28. The maximum Gasteiger partial charge on any atom is 0.174 e. The Morgan fingerprint density at radius 1 is 0.949 bits per heavy atom. The summed E-state index contributed by atoms with van der Waals surface area (Å²) in [6.45, 7) is 6.58. The van der Waals surface area contributed by atoms with Gasteiger partial charge in [0.15, 0.2) is 5.11 Å². The van der Waals surface area contributed by atoms with E-state index in [1.54, 1.807) is 0 Å². The third-order valence-corrected chi connectivity index (χ3v) is 8.52. The highest BCUT2D eigenvalue weighted by atomic mass is 32.1. The Kier molecular flexibility index (Phi) is 7.13. The van der Waals surface area contributed by atoms with Gasteiger partial charge in [0.05, 0.1) is 23.9 Å². The maximum absolute atomic E-state index is 6.24. The fraction of sp³-hybridized carbons (Fsp3) is 0.333. The highest BCUT2D eigenvalue weighted by Crippen LogP contribution is 2.44. The van der Waals surface area contributed by atoms with Crippen molar-refractivity contribution >= 4 is 23.0 Å². The Morgan fingerprint density at radius 2 is 1.67 bits per heavy atom. The minimum absolute atomic E-state index is 0.0520. The molecular weight excluding hydrogens is 500 g/mol. The molecule has 2 fully saturated rings. The van der Waals surface area contributed by atoms with Crippen LogP contribution in [0, 0.1) is 13.8 Å². The smallest absolute Gasteiger partial charge is 0.174 e. The van der Waals surface area contributed by atoms with Crippen LogP contribution in [-0.4, -0.2) is 20.8 Å². The lowest BCUT2D eigenvalue weighted by Crippen LogP contribution is -2.29. The van der Waals surface area contributed by atoms with E-state index in [2.05, 4.69) is 96.2 Å². The molecule has 0 amide bonds. The fourth-order valence-electron chi connectivity index (χ4n) is 6.20. The number of hydrogen-bond acceptors (Lipinski definition) is 3. The molecule has 1 aliphatic carbocycles. The topological polar surface area (TPSA) is 42.3 Å². The van der Waals surface area contributed by atoms with E-state index < -0.39 is 0 Å². The first kappa shape index (κ1) is 25.6. The van der Waals surface area contributed by atoms with E-state index >= 15 is 0 Å². The average molecular weight is 537 g/mol. The van der Waals surface area contributed by atoms with Crippen molar-refractivity contribution in [3.8, 4) is 11.4 Å². The first-order valence-corrected chi connectivity index (χ1v) is 14.5. The summed E-state index contributed by atoms with van der Waals surface area (Å²) in [4.78, 5) is 6.98. The van der Waals surface area contributed by atoms with Gasteiger partial charge >= 0.3 is 0 Å². The normalized spacial score (nSPS) is 19.5. The van der Waals surface area contributed by atoms with Gasteiger partial charge in [-0.2, -0.15) is 0 Å². The summed E-state index contributed by atoms with van der Waals surface area (Å²) in [5.41, 5.74) is 8.19. The molecule has 6 rings (SSSR count). The van der Waals surface area contributed by atoms with Crippen molar-refractivity contribution in [2.24, 2.45) is 0 Å². The maximum atomic E-state index is 6.24. The minimum Gasteiger partial charge on any atom is -0.490 e. The Balaban J connectivity index is 1.40. The molecule has 2 aliphatic rings. The van der Waals surface area contributed by atoms with E-state index in [4.69, 9.17) is 21.9 Å². The third kappa shape index (κ3) is 4.94. The predicted octanol–water partition coefficient (Wildman–Crippen LogP) is 7.55. The molecule has 2 aromatic carbocycles. The molecule has 1 saturated heterocycles. The number of nitrogens with zero attached hydrogens (tertiary/aromatic N) is 3. The van der Waals surface area contributed by atoms with Crippen LogP contribution in [-0.2, 0) is 6.42 Å². The summed E-state index contributed by atoms with van der Waals surface area (Å²) >= 11 is 5.98. The summed E-state index contributed by atoms with van der Waals surface area (Å²) in [5, 5.41) is 4.31. The molecule has 200 valence electrons. The molecule has 0 spiro atoms. The third-order valence-electron chi connectivity index (χ3n) is 8.21. The number of aryl methyl sites for hydroxylation is 2. The predicted molar refractivity (Wildman–Crippen MR) is 162 cm³/mol. The van der Waals surface area contributed by atoms with Crippen LogP contribution in [0.2, 0.25) is 0 Å². The van der Waals surface area contributed by atoms with Crippen molar-refractivity contribution < 1.29 is 4.74 Å². The van der Waals surface area contributed by atoms with Gasteiger partial charge in [-0.05, 0) is 124 Å². The van der Waals surface area contributed by atoms with Crippen LogP contribution >= 0.6 is 12.2 Å². The lowest BCUT2D eigenvalue weighted by atomic mass is 9.96. The number of rotatable bonds is 7. The molecule has 3 heterocycles. The Bertz CT molecular complexity index is 1440. The monoisotopic (exact) mass is 536 g/mol. The number of nitrogens with one attached hydrogen (secondary N) is 1. The first-order valence-electron chi connectivity index (χ1n) is 14.1. The molecule has 6 heteroatoms. The van der Waals surface area contributed by atoms with Gasteiger partial charge in [0.25, 0.3) is 0 Å². The van der Waals surface area contributed by atoms with Crippen LogP contribution in [0.3, 0.4) is 0 Å². The van der Waals surface area contributed by atoms with Crippen LogP contribution in [0.25, 0.3) is 5.69 Å². The zero-order chi connectivity index (χ0) is 26.9. The molecule has 2 unspecified atom stereocenters. The molecule has 0 bridgehead atoms. The zero-order valence-corrected chi connectivity index (χ0v) is 23.7. The molecule has 2 atom stereocenters. The largest absolute Gasteiger partial charge is 0.490 e. The van der Waals surface area contributed by atoms with Gasteiger partial charge in [-0.3, -0.25) is 4.98 Å². The molecule has 5 nitrogen and oxygen atoms in total. The molecule has 1 saturated carbocycles. The van der Waals surface area contributed by atoms with Crippen LogP contribution < -0.4 is 15.0 Å². The SMILES string of the molecule is CCc1ccc(-n2c(C)cc(C3C(c4ccccn4)NC(=S)N3c3ccc(OC4CCCC4)cc3)c2C)cc1. The van der Waals surface area contributed by atoms with Crippen LogP contribution in [0.15, 0.2) is 79.0 Å². The Hall–Kier alpha value is -3.64. The van der Waals surface area contributed by atoms with E-state index in [0.717, 1.165) is 36.4 Å². The summed E-state index contributed by atoms with van der Waals surface area (Å²) in [5.74, 6) is 0.926. The van der Waals surface area contributed by atoms with Crippen molar-refractivity contribution in [3.05, 3.63) is 107 Å². The molecule has 1 N–H and O–H groups in total. The van der Waals surface area contributed by atoms with Crippen molar-refractivity contribution in [2.75, 3.05) is 4.90 Å². The highest BCUT2D eigenvalue weighted by molar-refractivity contribution is 7.80. The van der Waals surface area contributed by atoms with E-state index in [0.29, 0.717) is 11.2 Å². The van der Waals surface area contributed by atoms with Gasteiger partial charge in [-0.1, -0.05) is 25.1 Å². The van der Waals surface area contributed by atoms with E-state index in [9.17, 15) is 0 Å². The highest BCUT2D eigenvalue weighted by Gasteiger charge is 2.42. The number of benzene rings is 2. The number of pyridine rings is 1. The number of thiocarbonyl (C=S) groups is 1. The summed E-state index contributed by atoms with van der Waals surface area (Å²) in [6.07, 6.45) is 8.03. The average Bonchev–Trinajstić information content (AvgIpc) is 3.67. The van der Waals surface area contributed by atoms with Gasteiger partial charge in [0, 0.05) is 29.0 Å². The zero-order valence-electron chi connectivity index (χ0n) is 22.9. The van der Waals surface area contributed by atoms with Crippen LogP contribution in [0.4, 0.5) is 5.69 Å². The standard InChI is InChI=1S/C33H36N4OS/c1-4-24-12-14-25(15-13-24)36-22(2)21-29(23(36)3)32-31(30-11-7-8-20-34-30)35-33(39)37(32)26-16-18-28(19-17-26)38-27-9-5-6-10-27/h7-8,11-21,27,31-32H,4-6,9-10H2,1-3H3,(H,35,39). The van der Waals surface area contributed by atoms with Gasteiger partial charge < -0.3 is 19.5 Å². The van der Waals surface area contributed by atoms with E-state index in [-0.39, 0.29) is 12.1 Å². The molecule has 0 radical (unpaired) electrons. The number of hydrogen-bond donors (Lipinski definition) is 1. The van der Waals surface area contributed by atoms with Gasteiger partial charge in [-0.15, -0.1) is 0 Å². The Morgan fingerprint density at radius 3 is 2.33 bits per heavy atom. The molecule has 39 heavy (non-hydrogen) atoms.